The first-order chi connectivity index (χ1) is 13.3. The Morgan fingerprint density at radius 3 is 1.97 bits per heavy atom. The summed E-state index contributed by atoms with van der Waals surface area (Å²) in [5, 5.41) is 2.81. The van der Waals surface area contributed by atoms with Gasteiger partial charge in [0.25, 0.3) is 0 Å². The quantitative estimate of drug-likeness (QED) is 0.269. The fraction of sp³-hybridized carbons (Fsp3) is 0.444. The predicted octanol–water partition coefficient (Wildman–Crippen LogP) is 2.48. The van der Waals surface area contributed by atoms with E-state index in [1.165, 1.54) is 97.2 Å². The summed E-state index contributed by atoms with van der Waals surface area (Å²) < 4.78 is 0. The molecular weight excluding hydrogens is 486 g/mol. The summed E-state index contributed by atoms with van der Waals surface area (Å²) >= 11 is 0. The summed E-state index contributed by atoms with van der Waals surface area (Å²) in [7, 11) is 0. The van der Waals surface area contributed by atoms with Crippen molar-refractivity contribution in [1.29, 1.82) is 0 Å². The maximum atomic E-state index is 2.43. The maximum Gasteiger partial charge on any atom is 3.00 e. The molecule has 0 N–H and O–H groups in total. The molecule has 30 heavy (non-hydrogen) atoms. The third-order valence-corrected chi connectivity index (χ3v) is 5.71. The molecule has 0 atom stereocenters. The van der Waals surface area contributed by atoms with Gasteiger partial charge in [-0.05, 0) is 30.4 Å². The molecular formula is C27H35Cl2Zr. The predicted molar refractivity (Wildman–Crippen MR) is 121 cm³/mol. The average Bonchev–Trinajstić information content (AvgIpc) is 3.12. The van der Waals surface area contributed by atoms with E-state index in [-0.39, 0.29) is 51.0 Å². The van der Waals surface area contributed by atoms with Gasteiger partial charge in [-0.25, -0.2) is 0 Å². The van der Waals surface area contributed by atoms with Crippen LogP contribution in [0.5, 0.6) is 0 Å². The molecule has 0 spiro atoms. The topological polar surface area (TPSA) is 0 Å². The van der Waals surface area contributed by atoms with Crippen LogP contribution < -0.4 is 24.8 Å². The summed E-state index contributed by atoms with van der Waals surface area (Å²) in [6.07, 6.45) is 13.1. The van der Waals surface area contributed by atoms with Crippen molar-refractivity contribution in [1.82, 2.24) is 0 Å². The Labute approximate surface area is 215 Å². The molecule has 0 aromatic heterocycles. The van der Waals surface area contributed by atoms with Crippen LogP contribution in [0.4, 0.5) is 0 Å². The summed E-state index contributed by atoms with van der Waals surface area (Å²) in [6, 6.07) is 20.9. The Kier molecular flexibility index (Phi) is 15.9. The summed E-state index contributed by atoms with van der Waals surface area (Å²) in [4.78, 5) is 0. The molecule has 0 saturated heterocycles. The maximum absolute atomic E-state index is 2.43. The molecule has 3 heteroatoms. The molecule has 0 saturated carbocycles. The molecule has 1 radical (unpaired) electrons. The van der Waals surface area contributed by atoms with E-state index in [4.69, 9.17) is 0 Å². The SMILES string of the molecule is CCCCCCc1ccc(-c2cccc3[cH-]c(CCCCCC)cc23)cc1.[Cl-].[Cl-].[Zr+3]. The Bertz CT molecular complexity index is 821. The van der Waals surface area contributed by atoms with Crippen LogP contribution in [0.15, 0.2) is 54.6 Å². The summed E-state index contributed by atoms with van der Waals surface area (Å²) in [6.45, 7) is 4.55. The molecule has 0 heterocycles. The van der Waals surface area contributed by atoms with E-state index in [0.29, 0.717) is 0 Å². The van der Waals surface area contributed by atoms with E-state index < -0.39 is 0 Å². The zero-order valence-electron chi connectivity index (χ0n) is 18.5. The Balaban J connectivity index is 0.00000280. The third-order valence-electron chi connectivity index (χ3n) is 5.71. The zero-order valence-corrected chi connectivity index (χ0v) is 22.5. The van der Waals surface area contributed by atoms with E-state index in [2.05, 4.69) is 68.4 Å². The molecule has 0 aliphatic carbocycles. The summed E-state index contributed by atoms with van der Waals surface area (Å²) in [5.74, 6) is 0. The fourth-order valence-electron chi connectivity index (χ4n) is 4.06. The van der Waals surface area contributed by atoms with Gasteiger partial charge in [0, 0.05) is 0 Å². The Morgan fingerprint density at radius 2 is 1.33 bits per heavy atom. The van der Waals surface area contributed by atoms with Crippen LogP contribution in [0.25, 0.3) is 21.9 Å². The van der Waals surface area contributed by atoms with Crippen molar-refractivity contribution in [2.75, 3.05) is 0 Å². The third kappa shape index (κ3) is 8.57. The normalized spacial score (nSPS) is 10.2. The van der Waals surface area contributed by atoms with Crippen molar-refractivity contribution >= 4 is 10.8 Å². The van der Waals surface area contributed by atoms with Crippen LogP contribution in [-0.4, -0.2) is 0 Å². The van der Waals surface area contributed by atoms with Crippen molar-refractivity contribution in [3.8, 4) is 11.1 Å². The molecule has 161 valence electrons. The number of fused-ring (bicyclic) bond motifs is 1. The molecule has 0 unspecified atom stereocenters. The minimum atomic E-state index is 0. The molecule has 3 rings (SSSR count). The van der Waals surface area contributed by atoms with Crippen molar-refractivity contribution in [2.24, 2.45) is 0 Å². The molecule has 3 aromatic rings. The van der Waals surface area contributed by atoms with Crippen LogP contribution >= 0.6 is 0 Å². The first kappa shape index (κ1) is 29.5. The monoisotopic (exact) mass is 519 g/mol. The van der Waals surface area contributed by atoms with Gasteiger partial charge in [0.15, 0.2) is 0 Å². The van der Waals surface area contributed by atoms with E-state index in [1.54, 1.807) is 0 Å². The largest absolute Gasteiger partial charge is 3.00 e. The molecule has 0 nitrogen and oxygen atoms in total. The Morgan fingerprint density at radius 1 is 0.700 bits per heavy atom. The second kappa shape index (κ2) is 16.2. The van der Waals surface area contributed by atoms with Gasteiger partial charge in [0.2, 0.25) is 0 Å². The standard InChI is InChI=1S/C27H35.2ClH.Zr/c1-3-5-7-9-12-22-16-18-24(19-17-22)26-15-11-14-25-20-23(21-27(25)26)13-10-8-6-4-2;;;/h11,14-21H,3-10,12-13H2,1-2H3;2*1H;/q-1;;;+3/p-2. The summed E-state index contributed by atoms with van der Waals surface area (Å²) in [5.41, 5.74) is 5.70. The number of unbranched alkanes of at least 4 members (excludes halogenated alkanes) is 6. The molecule has 0 amide bonds. The smallest absolute Gasteiger partial charge is 1.00 e. The molecule has 0 aliphatic rings. The zero-order chi connectivity index (χ0) is 18.9. The van der Waals surface area contributed by atoms with Gasteiger partial charge in [-0.1, -0.05) is 94.7 Å². The minimum absolute atomic E-state index is 0. The number of hydrogen-bond acceptors (Lipinski definition) is 0. The second-order valence-corrected chi connectivity index (χ2v) is 7.99. The number of benzene rings is 2. The van der Waals surface area contributed by atoms with Crippen LogP contribution in [0, 0.1) is 0 Å². The van der Waals surface area contributed by atoms with Gasteiger partial charge in [-0.3, -0.25) is 0 Å². The fourth-order valence-corrected chi connectivity index (χ4v) is 4.06. The van der Waals surface area contributed by atoms with E-state index >= 15 is 0 Å². The molecule has 3 aromatic carbocycles. The molecule has 0 fully saturated rings. The van der Waals surface area contributed by atoms with Gasteiger partial charge in [0.05, 0.1) is 0 Å². The van der Waals surface area contributed by atoms with Gasteiger partial charge < -0.3 is 24.8 Å². The van der Waals surface area contributed by atoms with Crippen LogP contribution in [-0.2, 0) is 39.0 Å². The number of aryl methyl sites for hydroxylation is 2. The first-order valence-corrected chi connectivity index (χ1v) is 11.1. The molecule has 0 aliphatic heterocycles. The van der Waals surface area contributed by atoms with Crippen LogP contribution in [0.1, 0.15) is 76.3 Å². The molecule has 0 bridgehead atoms. The van der Waals surface area contributed by atoms with Gasteiger partial charge in [0.1, 0.15) is 0 Å². The second-order valence-electron chi connectivity index (χ2n) is 7.99. The van der Waals surface area contributed by atoms with E-state index in [1.807, 2.05) is 0 Å². The number of hydrogen-bond donors (Lipinski definition) is 0. The van der Waals surface area contributed by atoms with E-state index in [0.717, 1.165) is 0 Å². The first-order valence-electron chi connectivity index (χ1n) is 11.1. The van der Waals surface area contributed by atoms with Gasteiger partial charge in [-0.15, -0.1) is 34.5 Å². The average molecular weight is 522 g/mol. The number of rotatable bonds is 11. The van der Waals surface area contributed by atoms with Gasteiger partial charge >= 0.3 is 26.2 Å². The van der Waals surface area contributed by atoms with Crippen molar-refractivity contribution in [3.63, 3.8) is 0 Å². The number of halogens is 2. The Hall–Kier alpha value is -0.487. The van der Waals surface area contributed by atoms with Crippen molar-refractivity contribution in [2.45, 2.75) is 78.1 Å². The van der Waals surface area contributed by atoms with E-state index in [9.17, 15) is 0 Å². The van der Waals surface area contributed by atoms with Crippen LogP contribution in [0.2, 0.25) is 0 Å². The van der Waals surface area contributed by atoms with Gasteiger partial charge in [-0.2, -0.15) is 6.07 Å². The van der Waals surface area contributed by atoms with Crippen LogP contribution in [0.3, 0.4) is 0 Å². The minimum Gasteiger partial charge on any atom is -1.00 e. The van der Waals surface area contributed by atoms with Crippen molar-refractivity contribution < 1.29 is 51.0 Å². The van der Waals surface area contributed by atoms with Crippen molar-refractivity contribution in [3.05, 3.63) is 65.7 Å².